The number of ether oxygens (including phenoxy) is 1. The number of nitrogens with zero attached hydrogens (tertiary/aromatic N) is 2. The summed E-state index contributed by atoms with van der Waals surface area (Å²) in [5.74, 6) is 1.93. The minimum absolute atomic E-state index is 0.695. The lowest BCUT2D eigenvalue weighted by molar-refractivity contribution is 0.342. The summed E-state index contributed by atoms with van der Waals surface area (Å²) in [4.78, 5) is 2.30. The van der Waals surface area contributed by atoms with Gasteiger partial charge in [0.2, 0.25) is 0 Å². The molecular formula is C14H14Cl2N4O. The smallest absolute Gasteiger partial charge is 0.152 e. The molecule has 1 aromatic carbocycles. The number of nitrogens with one attached hydrogen (secondary N) is 2. The number of fused-ring (bicyclic) bond motifs is 3. The fourth-order valence-electron chi connectivity index (χ4n) is 2.91. The normalized spacial score (nSPS) is 16.2. The predicted octanol–water partition coefficient (Wildman–Crippen LogP) is 2.83. The third kappa shape index (κ3) is 1.84. The van der Waals surface area contributed by atoms with Gasteiger partial charge in [0.1, 0.15) is 22.3 Å². The van der Waals surface area contributed by atoms with Crippen molar-refractivity contribution >= 4 is 34.7 Å². The lowest BCUT2D eigenvalue weighted by Crippen LogP contribution is -2.47. The van der Waals surface area contributed by atoms with Gasteiger partial charge in [-0.05, 0) is 18.2 Å². The second-order valence-corrected chi connectivity index (χ2v) is 5.93. The fraction of sp³-hybridized carbons (Fsp3) is 0.286. The Bertz CT molecular complexity index is 746. The fourth-order valence-corrected chi connectivity index (χ4v) is 3.37. The van der Waals surface area contributed by atoms with Gasteiger partial charge in [0.15, 0.2) is 5.82 Å². The first-order chi connectivity index (χ1) is 10.2. The van der Waals surface area contributed by atoms with Crippen LogP contribution in [0.3, 0.4) is 0 Å². The minimum atomic E-state index is 0.695. The summed E-state index contributed by atoms with van der Waals surface area (Å²) in [5, 5.41) is 7.83. The third-order valence-electron chi connectivity index (χ3n) is 3.91. The summed E-state index contributed by atoms with van der Waals surface area (Å²) in [5.41, 5.74) is 3.29. The molecule has 0 atom stereocenters. The van der Waals surface area contributed by atoms with Gasteiger partial charge in [-0.3, -0.25) is 5.10 Å². The number of aromatic nitrogens is 2. The van der Waals surface area contributed by atoms with Crippen LogP contribution in [0.5, 0.6) is 5.75 Å². The number of H-pyrrole nitrogens is 1. The van der Waals surface area contributed by atoms with E-state index < -0.39 is 0 Å². The van der Waals surface area contributed by atoms with Crippen LogP contribution in [0.15, 0.2) is 18.2 Å². The van der Waals surface area contributed by atoms with Gasteiger partial charge in [0.25, 0.3) is 0 Å². The number of hydrogen-bond donors (Lipinski definition) is 2. The Morgan fingerprint density at radius 2 is 2.19 bits per heavy atom. The molecule has 0 aliphatic carbocycles. The Morgan fingerprint density at radius 1 is 1.33 bits per heavy atom. The molecule has 0 bridgehead atoms. The summed E-state index contributed by atoms with van der Waals surface area (Å²) < 4.78 is 7.40. The zero-order chi connectivity index (χ0) is 14.6. The lowest BCUT2D eigenvalue weighted by Gasteiger charge is -2.44. The van der Waals surface area contributed by atoms with Gasteiger partial charge in [-0.2, -0.15) is 0 Å². The SMILES string of the molecule is COc1ccc(Cl)cc1CN1CCNC2=C1c1c(Cl)[nH]n12. The van der Waals surface area contributed by atoms with Gasteiger partial charge in [-0.15, -0.1) is 0 Å². The number of halogens is 2. The van der Waals surface area contributed by atoms with Crippen molar-refractivity contribution in [2.24, 2.45) is 0 Å². The van der Waals surface area contributed by atoms with E-state index in [4.69, 9.17) is 27.9 Å². The molecule has 0 saturated carbocycles. The molecular weight excluding hydrogens is 311 g/mol. The molecule has 0 saturated heterocycles. The van der Waals surface area contributed by atoms with Crippen molar-refractivity contribution in [1.82, 2.24) is 20.0 Å². The number of aromatic amines is 1. The van der Waals surface area contributed by atoms with Crippen molar-refractivity contribution in [1.29, 1.82) is 0 Å². The molecule has 21 heavy (non-hydrogen) atoms. The zero-order valence-corrected chi connectivity index (χ0v) is 12.9. The van der Waals surface area contributed by atoms with Gasteiger partial charge in [0.05, 0.1) is 7.11 Å². The van der Waals surface area contributed by atoms with Crippen molar-refractivity contribution in [3.63, 3.8) is 0 Å². The number of hydrogen-bond acceptors (Lipinski definition) is 3. The van der Waals surface area contributed by atoms with Crippen molar-refractivity contribution in [3.05, 3.63) is 39.6 Å². The zero-order valence-electron chi connectivity index (χ0n) is 11.4. The Morgan fingerprint density at radius 3 is 2.95 bits per heavy atom. The van der Waals surface area contributed by atoms with E-state index in [2.05, 4.69) is 15.3 Å². The number of rotatable bonds is 3. The van der Waals surface area contributed by atoms with E-state index in [0.717, 1.165) is 48.2 Å². The van der Waals surface area contributed by atoms with Crippen molar-refractivity contribution < 1.29 is 4.74 Å². The van der Waals surface area contributed by atoms with Crippen LogP contribution in [0.2, 0.25) is 10.2 Å². The second-order valence-electron chi connectivity index (χ2n) is 5.11. The average Bonchev–Trinajstić information content (AvgIpc) is 2.45. The molecule has 2 N–H and O–H groups in total. The van der Waals surface area contributed by atoms with Crippen LogP contribution in [-0.4, -0.2) is 34.9 Å². The maximum Gasteiger partial charge on any atom is 0.152 e. The van der Waals surface area contributed by atoms with Crippen LogP contribution in [0.25, 0.3) is 11.5 Å². The molecule has 3 heterocycles. The van der Waals surface area contributed by atoms with E-state index in [1.807, 2.05) is 22.9 Å². The van der Waals surface area contributed by atoms with Gasteiger partial charge in [-0.25, -0.2) is 4.68 Å². The molecule has 5 nitrogen and oxygen atoms in total. The molecule has 0 spiro atoms. The van der Waals surface area contributed by atoms with Gasteiger partial charge in [-0.1, -0.05) is 23.2 Å². The summed E-state index contributed by atoms with van der Waals surface area (Å²) in [7, 11) is 1.68. The second kappa shape index (κ2) is 4.64. The Kier molecular flexibility index (Phi) is 2.87. The topological polar surface area (TPSA) is 45.2 Å². The molecule has 0 unspecified atom stereocenters. The van der Waals surface area contributed by atoms with Crippen molar-refractivity contribution in [3.8, 4) is 5.75 Å². The van der Waals surface area contributed by atoms with E-state index in [0.29, 0.717) is 10.2 Å². The van der Waals surface area contributed by atoms with E-state index in [1.165, 1.54) is 0 Å². The van der Waals surface area contributed by atoms with Crippen molar-refractivity contribution in [2.75, 3.05) is 20.2 Å². The standard InChI is InChI=1S/C14H14Cl2N4O/c1-21-10-3-2-9(15)6-8(10)7-19-5-4-17-14-12(19)11-13(16)18-20(11)14/h2-3,6,17-18H,4-5,7H2,1H3. The molecule has 0 fully saturated rings. The first-order valence-corrected chi connectivity index (χ1v) is 7.47. The minimum Gasteiger partial charge on any atom is -0.496 e. The number of benzene rings is 1. The molecule has 110 valence electrons. The molecule has 2 aliphatic heterocycles. The van der Waals surface area contributed by atoms with Gasteiger partial charge >= 0.3 is 0 Å². The maximum absolute atomic E-state index is 6.11. The average molecular weight is 325 g/mol. The van der Waals surface area contributed by atoms with Gasteiger partial charge < -0.3 is 15.0 Å². The molecule has 4 rings (SSSR count). The third-order valence-corrected chi connectivity index (χ3v) is 4.41. The van der Waals surface area contributed by atoms with Gasteiger partial charge in [0, 0.05) is 30.2 Å². The summed E-state index contributed by atoms with van der Waals surface area (Å²) in [6, 6.07) is 5.69. The van der Waals surface area contributed by atoms with Crippen molar-refractivity contribution in [2.45, 2.75) is 6.54 Å². The van der Waals surface area contributed by atoms with E-state index in [1.54, 1.807) is 7.11 Å². The summed E-state index contributed by atoms with van der Waals surface area (Å²) >= 11 is 12.2. The monoisotopic (exact) mass is 324 g/mol. The molecule has 7 heteroatoms. The largest absolute Gasteiger partial charge is 0.496 e. The highest BCUT2D eigenvalue weighted by molar-refractivity contribution is 6.32. The molecule has 0 radical (unpaired) electrons. The van der Waals surface area contributed by atoms with E-state index in [9.17, 15) is 0 Å². The Hall–Kier alpha value is -1.72. The summed E-state index contributed by atoms with van der Waals surface area (Å²) in [6.07, 6.45) is 0. The molecule has 1 aromatic heterocycles. The number of methoxy groups -OCH3 is 1. The maximum atomic E-state index is 6.11. The van der Waals surface area contributed by atoms with Crippen LogP contribution in [-0.2, 0) is 6.54 Å². The van der Waals surface area contributed by atoms with Crippen LogP contribution in [0, 0.1) is 0 Å². The highest BCUT2D eigenvalue weighted by atomic mass is 35.5. The molecule has 2 aliphatic rings. The predicted molar refractivity (Wildman–Crippen MR) is 83.3 cm³/mol. The Labute approximate surface area is 132 Å². The van der Waals surface area contributed by atoms with E-state index >= 15 is 0 Å². The van der Waals surface area contributed by atoms with Crippen LogP contribution in [0.4, 0.5) is 0 Å². The molecule has 0 amide bonds. The van der Waals surface area contributed by atoms with Crippen LogP contribution >= 0.6 is 23.2 Å². The lowest BCUT2D eigenvalue weighted by atomic mass is 10.1. The highest BCUT2D eigenvalue weighted by Crippen LogP contribution is 2.42. The quantitative estimate of drug-likeness (QED) is 0.912. The van der Waals surface area contributed by atoms with Crippen LogP contribution < -0.4 is 10.1 Å². The first kappa shape index (κ1) is 13.0. The summed E-state index contributed by atoms with van der Waals surface area (Å²) in [6.45, 7) is 2.55. The van der Waals surface area contributed by atoms with E-state index in [-0.39, 0.29) is 0 Å². The molecule has 2 aromatic rings. The Balaban J connectivity index is 1.65. The first-order valence-electron chi connectivity index (χ1n) is 6.71. The van der Waals surface area contributed by atoms with Crippen LogP contribution in [0.1, 0.15) is 11.3 Å². The highest BCUT2D eigenvalue weighted by Gasteiger charge is 2.38.